The van der Waals surface area contributed by atoms with Crippen molar-refractivity contribution in [2.24, 2.45) is 4.99 Å². The fourth-order valence-corrected chi connectivity index (χ4v) is 4.44. The van der Waals surface area contributed by atoms with E-state index in [0.717, 1.165) is 11.1 Å². The third kappa shape index (κ3) is 5.05. The minimum Gasteiger partial charge on any atom is -0.419 e. The molecule has 0 N–H and O–H groups in total. The molecule has 1 fully saturated rings. The summed E-state index contributed by atoms with van der Waals surface area (Å²) in [6.45, 7) is 2.26. The Balaban J connectivity index is 1.45. The number of hydrogen-bond acceptors (Lipinski definition) is 4. The van der Waals surface area contributed by atoms with Gasteiger partial charge in [-0.3, -0.25) is 9.69 Å². The van der Waals surface area contributed by atoms with Gasteiger partial charge in [-0.2, -0.15) is 10.3 Å². The van der Waals surface area contributed by atoms with E-state index in [2.05, 4.69) is 71.7 Å². The number of aliphatic imine (C=N–C) groups is 1. The zero-order valence-corrected chi connectivity index (χ0v) is 20.4. The predicted molar refractivity (Wildman–Crippen MR) is 145 cm³/mol. The van der Waals surface area contributed by atoms with Crippen LogP contribution >= 0.6 is 0 Å². The molecule has 1 amide bonds. The second-order valence-corrected chi connectivity index (χ2v) is 8.60. The molecule has 0 aliphatic carbocycles. The van der Waals surface area contributed by atoms with E-state index < -0.39 is 0 Å². The van der Waals surface area contributed by atoms with Crippen LogP contribution in [0.4, 0.5) is 5.69 Å². The highest BCUT2D eigenvalue weighted by molar-refractivity contribution is 6.11. The van der Waals surface area contributed by atoms with Crippen molar-refractivity contribution < 1.29 is 9.53 Å². The summed E-state index contributed by atoms with van der Waals surface area (Å²) in [5, 5.41) is 9.37. The van der Waals surface area contributed by atoms with E-state index in [1.54, 1.807) is 30.3 Å². The van der Waals surface area contributed by atoms with Crippen LogP contribution in [0.5, 0.6) is 0 Å². The van der Waals surface area contributed by atoms with E-state index in [1.807, 2.05) is 31.2 Å². The van der Waals surface area contributed by atoms with Crippen LogP contribution in [0.15, 0.2) is 120 Å². The molecule has 5 nitrogen and oxygen atoms in total. The van der Waals surface area contributed by atoms with Crippen LogP contribution in [0.25, 0.3) is 6.08 Å². The van der Waals surface area contributed by atoms with E-state index >= 15 is 0 Å². The fourth-order valence-electron chi connectivity index (χ4n) is 4.44. The zero-order chi connectivity index (χ0) is 25.6. The molecule has 1 heterocycles. The first-order chi connectivity index (χ1) is 18.2. The number of rotatable bonds is 6. The topological polar surface area (TPSA) is 65.7 Å². The highest BCUT2D eigenvalue weighted by atomic mass is 16.5. The van der Waals surface area contributed by atoms with Crippen LogP contribution in [0, 0.1) is 11.3 Å². The summed E-state index contributed by atoms with van der Waals surface area (Å²) < 4.78 is 5.88. The number of amides is 1. The SMILES string of the molecule is CCN1C(=O)C(=Cc2ccc(C(c3ccccc3)c3ccccc3)cc2)OC1=Nc1ccccc1C#N. The van der Waals surface area contributed by atoms with E-state index in [9.17, 15) is 10.1 Å². The maximum Gasteiger partial charge on any atom is 0.305 e. The van der Waals surface area contributed by atoms with Gasteiger partial charge in [-0.15, -0.1) is 0 Å². The first-order valence-electron chi connectivity index (χ1n) is 12.2. The van der Waals surface area contributed by atoms with Crippen LogP contribution in [-0.4, -0.2) is 23.4 Å². The average Bonchev–Trinajstić information content (AvgIpc) is 3.24. The van der Waals surface area contributed by atoms with Crippen LogP contribution in [0.1, 0.15) is 40.7 Å². The van der Waals surface area contributed by atoms with Crippen LogP contribution in [0.3, 0.4) is 0 Å². The van der Waals surface area contributed by atoms with Crippen LogP contribution < -0.4 is 0 Å². The molecule has 0 atom stereocenters. The summed E-state index contributed by atoms with van der Waals surface area (Å²) in [5.74, 6) is 0.0413. The van der Waals surface area contributed by atoms with Crippen molar-refractivity contribution in [1.82, 2.24) is 4.90 Å². The van der Waals surface area contributed by atoms with Gasteiger partial charge in [0.25, 0.3) is 5.91 Å². The normalized spacial score (nSPS) is 15.3. The largest absolute Gasteiger partial charge is 0.419 e. The zero-order valence-electron chi connectivity index (χ0n) is 20.4. The van der Waals surface area contributed by atoms with E-state index in [1.165, 1.54) is 16.0 Å². The molecule has 37 heavy (non-hydrogen) atoms. The average molecular weight is 484 g/mol. The highest BCUT2D eigenvalue weighted by Gasteiger charge is 2.34. The molecule has 5 rings (SSSR count). The Bertz CT molecular complexity index is 1460. The Morgan fingerprint density at radius 1 is 0.838 bits per heavy atom. The summed E-state index contributed by atoms with van der Waals surface area (Å²) in [4.78, 5) is 19.0. The van der Waals surface area contributed by atoms with Crippen molar-refractivity contribution in [2.75, 3.05) is 6.54 Å². The first-order valence-corrected chi connectivity index (χ1v) is 12.2. The maximum atomic E-state index is 13.0. The number of hydrogen-bond donors (Lipinski definition) is 0. The second kappa shape index (κ2) is 10.8. The van der Waals surface area contributed by atoms with Gasteiger partial charge in [0.15, 0.2) is 5.76 Å². The molecule has 1 saturated heterocycles. The molecule has 0 aromatic heterocycles. The van der Waals surface area contributed by atoms with E-state index in [0.29, 0.717) is 17.8 Å². The lowest BCUT2D eigenvalue weighted by atomic mass is 9.85. The fraction of sp³-hybridized carbons (Fsp3) is 0.0938. The molecule has 0 spiro atoms. The number of ether oxygens (including phenoxy) is 1. The Hall–Kier alpha value is -4.95. The molecule has 0 unspecified atom stereocenters. The number of benzene rings is 4. The lowest BCUT2D eigenvalue weighted by molar-refractivity contribution is -0.122. The number of likely N-dealkylation sites (N-methyl/N-ethyl adjacent to an activating group) is 1. The molecule has 180 valence electrons. The predicted octanol–water partition coefficient (Wildman–Crippen LogP) is 6.65. The molecule has 1 aliphatic heterocycles. The van der Waals surface area contributed by atoms with Gasteiger partial charge in [0.1, 0.15) is 6.07 Å². The number of nitrogens with zero attached hydrogens (tertiary/aromatic N) is 3. The number of para-hydroxylation sites is 1. The Labute approximate surface area is 216 Å². The summed E-state index contributed by atoms with van der Waals surface area (Å²) >= 11 is 0. The van der Waals surface area contributed by atoms with Gasteiger partial charge in [-0.05, 0) is 47.4 Å². The van der Waals surface area contributed by atoms with Crippen LogP contribution in [0.2, 0.25) is 0 Å². The molecular weight excluding hydrogens is 458 g/mol. The quantitative estimate of drug-likeness (QED) is 0.228. The number of carbonyl (C=O) groups is 1. The number of carbonyl (C=O) groups excluding carboxylic acids is 1. The minimum absolute atomic E-state index is 0.1000. The lowest BCUT2D eigenvalue weighted by Gasteiger charge is -2.19. The van der Waals surface area contributed by atoms with Gasteiger partial charge >= 0.3 is 6.02 Å². The van der Waals surface area contributed by atoms with Crippen molar-refractivity contribution in [3.63, 3.8) is 0 Å². The van der Waals surface area contributed by atoms with Gasteiger partial charge in [0, 0.05) is 12.5 Å². The monoisotopic (exact) mass is 483 g/mol. The van der Waals surface area contributed by atoms with Gasteiger partial charge in [-0.1, -0.05) is 97.1 Å². The van der Waals surface area contributed by atoms with Crippen molar-refractivity contribution in [2.45, 2.75) is 12.8 Å². The van der Waals surface area contributed by atoms with E-state index in [-0.39, 0.29) is 23.6 Å². The lowest BCUT2D eigenvalue weighted by Crippen LogP contribution is -2.29. The van der Waals surface area contributed by atoms with Crippen molar-refractivity contribution in [3.05, 3.63) is 143 Å². The summed E-state index contributed by atoms with van der Waals surface area (Å²) in [6, 6.07) is 38.3. The van der Waals surface area contributed by atoms with Gasteiger partial charge in [-0.25, -0.2) is 0 Å². The Morgan fingerprint density at radius 2 is 1.41 bits per heavy atom. The second-order valence-electron chi connectivity index (χ2n) is 8.60. The van der Waals surface area contributed by atoms with Crippen LogP contribution in [-0.2, 0) is 9.53 Å². The van der Waals surface area contributed by atoms with Crippen molar-refractivity contribution in [1.29, 1.82) is 5.26 Å². The summed E-state index contributed by atoms with van der Waals surface area (Å²) in [5.41, 5.74) is 5.31. The first kappa shape index (κ1) is 23.8. The third-order valence-electron chi connectivity index (χ3n) is 6.28. The van der Waals surface area contributed by atoms with Crippen molar-refractivity contribution in [3.8, 4) is 6.07 Å². The number of amidine groups is 1. The molecule has 0 radical (unpaired) electrons. The Morgan fingerprint density at radius 3 is 2.00 bits per heavy atom. The molecule has 5 heteroatoms. The minimum atomic E-state index is -0.258. The Kier molecular flexibility index (Phi) is 6.91. The third-order valence-corrected chi connectivity index (χ3v) is 6.28. The van der Waals surface area contributed by atoms with E-state index in [4.69, 9.17) is 4.74 Å². The smallest absolute Gasteiger partial charge is 0.305 e. The van der Waals surface area contributed by atoms with Crippen molar-refractivity contribution >= 4 is 23.7 Å². The summed E-state index contributed by atoms with van der Waals surface area (Å²) in [6.07, 6.45) is 1.73. The van der Waals surface area contributed by atoms with Gasteiger partial charge in [0.05, 0.1) is 11.3 Å². The number of nitriles is 1. The maximum absolute atomic E-state index is 13.0. The van der Waals surface area contributed by atoms with Gasteiger partial charge < -0.3 is 4.74 Å². The standard InChI is InChI=1S/C32H25N3O2/c1-2-35-31(36)29(37-32(35)34-28-16-10-9-15-27(28)22-33)21-23-17-19-26(20-18-23)30(24-11-5-3-6-12-24)25-13-7-4-8-14-25/h3-21,30H,2H2,1H3. The molecule has 4 aromatic carbocycles. The van der Waals surface area contributed by atoms with Gasteiger partial charge in [0.2, 0.25) is 0 Å². The highest BCUT2D eigenvalue weighted by Crippen LogP contribution is 2.32. The summed E-state index contributed by atoms with van der Waals surface area (Å²) in [7, 11) is 0. The molecule has 4 aromatic rings. The molecule has 0 saturated carbocycles. The molecule has 0 bridgehead atoms. The molecule has 1 aliphatic rings. The molecular formula is C32H25N3O2.